The number of ether oxygens (including phenoxy) is 6. The number of aryl methyl sites for hydroxylation is 1. The van der Waals surface area contributed by atoms with Gasteiger partial charge in [0.2, 0.25) is 0 Å². The number of hydrogen-bond donors (Lipinski definition) is 5. The number of aromatic nitrogens is 3. The van der Waals surface area contributed by atoms with Gasteiger partial charge in [0.15, 0.2) is 17.1 Å². The summed E-state index contributed by atoms with van der Waals surface area (Å²) in [6.45, 7) is 19.3. The maximum absolute atomic E-state index is 14.6. The first kappa shape index (κ1) is 61.0. The molecule has 0 aliphatic carbocycles. The van der Waals surface area contributed by atoms with E-state index in [1.165, 1.54) is 26.2 Å². The zero-order valence-corrected chi connectivity index (χ0v) is 45.7. The van der Waals surface area contributed by atoms with Gasteiger partial charge in [-0.3, -0.25) is 9.48 Å². The average Bonchev–Trinajstić information content (AvgIpc) is 3.78. The second-order valence-corrected chi connectivity index (χ2v) is 23.4. The standard InChI is InChI=1S/C51H84F3N5O13S/c1-14-40-50(10,65)43(61)33(6)58(12)27-29(2)25-48(8,64)45(31(4)41(32(5)46(63)71-40)39-26-49(9,67-13)44(62)34(7)70-39)72-47-42(60)38(24-30(3)69-47)57(11)22-20-35-28-59(56-55-35)21-15-23-68-36-16-18-37(19-17-36)73(66)51(52,53)54/h16-19,28-34,38-45,47,60-62,64-65H,14-15,20-27H2,1-13H3/t29-,30-,31+,32-,33-,34+,38+,39?,40-,41+,42-,43-,44+,45-,47+,48-,49-,50-,73?/m1/s1. The Morgan fingerprint density at radius 2 is 1.64 bits per heavy atom. The predicted octanol–water partition coefficient (Wildman–Crippen LogP) is 4.48. The number of carbonyl (C=O) groups excluding carboxylic acids is 1. The van der Waals surface area contributed by atoms with Crippen LogP contribution in [-0.4, -0.2) is 191 Å². The van der Waals surface area contributed by atoms with Crippen LogP contribution < -0.4 is 4.74 Å². The molecule has 73 heavy (non-hydrogen) atoms. The molecular weight excluding hydrogens is 980 g/mol. The highest BCUT2D eigenvalue weighted by molar-refractivity contribution is 7.86. The summed E-state index contributed by atoms with van der Waals surface area (Å²) in [5, 5.41) is 68.5. The largest absolute Gasteiger partial charge is 0.494 e. The number of alkyl halides is 3. The summed E-state index contributed by atoms with van der Waals surface area (Å²) in [6.07, 6.45) is -4.95. The maximum Gasteiger partial charge on any atom is 0.475 e. The fraction of sp³-hybridized carbons (Fsp3) is 0.824. The number of esters is 1. The predicted molar refractivity (Wildman–Crippen MR) is 264 cm³/mol. The van der Waals surface area contributed by atoms with Crippen LogP contribution >= 0.6 is 0 Å². The molecule has 5 N–H and O–H groups in total. The lowest BCUT2D eigenvalue weighted by atomic mass is 9.68. The lowest BCUT2D eigenvalue weighted by Crippen LogP contribution is -2.62. The Kier molecular flexibility index (Phi) is 20.9. The van der Waals surface area contributed by atoms with E-state index in [-0.39, 0.29) is 42.8 Å². The Morgan fingerprint density at radius 3 is 2.26 bits per heavy atom. The van der Waals surface area contributed by atoms with E-state index in [0.717, 1.165) is 12.1 Å². The van der Waals surface area contributed by atoms with Crippen molar-refractivity contribution in [3.63, 3.8) is 0 Å². The Labute approximate surface area is 431 Å². The molecule has 19 atom stereocenters. The molecule has 0 saturated carbocycles. The molecule has 3 fully saturated rings. The first-order valence-electron chi connectivity index (χ1n) is 25.7. The number of aliphatic hydroxyl groups is 5. The first-order valence-corrected chi connectivity index (χ1v) is 26.8. The number of halogens is 3. The highest BCUT2D eigenvalue weighted by atomic mass is 32.2. The van der Waals surface area contributed by atoms with Crippen molar-refractivity contribution in [1.29, 1.82) is 0 Å². The van der Waals surface area contributed by atoms with Crippen LogP contribution in [0.1, 0.15) is 107 Å². The number of benzene rings is 1. The molecule has 2 aromatic rings. The van der Waals surface area contributed by atoms with Gasteiger partial charge in [-0.25, -0.2) is 4.21 Å². The third-order valence-corrected chi connectivity index (χ3v) is 16.9. The summed E-state index contributed by atoms with van der Waals surface area (Å²) < 4.78 is 89.4. The van der Waals surface area contributed by atoms with E-state index in [1.807, 2.05) is 50.9 Å². The monoisotopic (exact) mass is 1060 g/mol. The second kappa shape index (κ2) is 25.1. The molecule has 0 spiro atoms. The summed E-state index contributed by atoms with van der Waals surface area (Å²) in [4.78, 5) is 18.2. The number of hydrogen-bond acceptors (Lipinski definition) is 17. The van der Waals surface area contributed by atoms with Gasteiger partial charge in [-0.2, -0.15) is 13.2 Å². The molecule has 22 heteroatoms. The highest BCUT2D eigenvalue weighted by Gasteiger charge is 2.55. The van der Waals surface area contributed by atoms with Crippen LogP contribution in [0.25, 0.3) is 0 Å². The van der Waals surface area contributed by atoms with Crippen LogP contribution in [0.4, 0.5) is 13.2 Å². The van der Waals surface area contributed by atoms with Gasteiger partial charge in [-0.1, -0.05) is 32.9 Å². The van der Waals surface area contributed by atoms with Crippen LogP contribution in [0.5, 0.6) is 5.75 Å². The van der Waals surface area contributed by atoms with Crippen molar-refractivity contribution in [3.8, 4) is 5.75 Å². The third kappa shape index (κ3) is 14.8. The van der Waals surface area contributed by atoms with Crippen LogP contribution in [0, 0.1) is 23.7 Å². The SMILES string of the molecule is CC[C@H]1OC(=O)[C@H](C)[C@@H](C2C[C@@](C)(OC)[C@@H](O)[C@H](C)O2)[C@H](C)[C@@H](O[C@@H]2O[C@H](C)C[C@H](N(C)CCc3cn(CCCOc4ccc(S(=O)C(F)(F)F)cc4)nn3)[C@H]2O)[C@](C)(O)C[C@@H](C)CN(C)[C@H](C)[C@@H](O)[C@]1(C)O. The van der Waals surface area contributed by atoms with Crippen molar-refractivity contribution < 1.29 is 76.1 Å². The van der Waals surface area contributed by atoms with E-state index in [1.54, 1.807) is 46.2 Å². The fourth-order valence-electron chi connectivity index (χ4n) is 11.4. The molecule has 4 heterocycles. The van der Waals surface area contributed by atoms with Gasteiger partial charge in [-0.15, -0.1) is 5.10 Å². The van der Waals surface area contributed by atoms with Crippen LogP contribution in [0.15, 0.2) is 35.4 Å². The number of rotatable bonds is 15. The molecule has 2 unspecified atom stereocenters. The molecule has 18 nitrogen and oxygen atoms in total. The van der Waals surface area contributed by atoms with Gasteiger partial charge in [0, 0.05) is 75.1 Å². The van der Waals surface area contributed by atoms with Crippen molar-refractivity contribution >= 4 is 16.8 Å². The van der Waals surface area contributed by atoms with Crippen molar-refractivity contribution in [1.82, 2.24) is 24.8 Å². The normalized spacial score (nSPS) is 39.4. The topological polar surface area (TPSA) is 228 Å². The van der Waals surface area contributed by atoms with E-state index in [9.17, 15) is 47.7 Å². The van der Waals surface area contributed by atoms with Crippen LogP contribution in [0.3, 0.4) is 0 Å². The number of cyclic esters (lactones) is 1. The van der Waals surface area contributed by atoms with E-state index >= 15 is 0 Å². The molecule has 1 aromatic heterocycles. The number of likely N-dealkylation sites (N-methyl/N-ethyl adjacent to an activating group) is 2. The van der Waals surface area contributed by atoms with Gasteiger partial charge in [0.1, 0.15) is 35.8 Å². The van der Waals surface area contributed by atoms with Crippen molar-refractivity contribution in [2.24, 2.45) is 23.7 Å². The molecule has 0 amide bonds. The Hall–Kier alpha value is -2.87. The number of carbonyl (C=O) groups is 1. The molecule has 3 saturated heterocycles. The fourth-order valence-corrected chi connectivity index (χ4v) is 12.1. The molecular formula is C51H84F3N5O13S. The Balaban J connectivity index is 1.36. The molecule has 3 aliphatic rings. The molecule has 5 rings (SSSR count). The van der Waals surface area contributed by atoms with E-state index in [0.29, 0.717) is 50.3 Å². The number of methoxy groups -OCH3 is 1. The molecule has 3 aliphatic heterocycles. The molecule has 418 valence electrons. The van der Waals surface area contributed by atoms with Gasteiger partial charge in [-0.05, 0) is 111 Å². The summed E-state index contributed by atoms with van der Waals surface area (Å²) >= 11 is 0. The van der Waals surface area contributed by atoms with Crippen molar-refractivity contribution in [2.75, 3.05) is 40.9 Å². The lowest BCUT2D eigenvalue weighted by Gasteiger charge is -2.51. The molecule has 1 aromatic carbocycles. The quantitative estimate of drug-likeness (QED) is 0.122. The molecule has 0 bridgehead atoms. The lowest BCUT2D eigenvalue weighted by molar-refractivity contribution is -0.302. The summed E-state index contributed by atoms with van der Waals surface area (Å²) in [7, 11) is 2.11. The van der Waals surface area contributed by atoms with Crippen LogP contribution in [0.2, 0.25) is 0 Å². The average molecular weight is 1060 g/mol. The van der Waals surface area contributed by atoms with Crippen LogP contribution in [-0.2, 0) is 52.2 Å². The van der Waals surface area contributed by atoms with E-state index in [2.05, 4.69) is 10.3 Å². The molecule has 0 radical (unpaired) electrons. The highest BCUT2D eigenvalue weighted by Crippen LogP contribution is 2.45. The first-order chi connectivity index (χ1) is 33.9. The number of nitrogens with zero attached hydrogens (tertiary/aromatic N) is 5. The summed E-state index contributed by atoms with van der Waals surface area (Å²) in [5.41, 5.74) is -8.68. The van der Waals surface area contributed by atoms with Crippen molar-refractivity contribution in [2.45, 2.75) is 209 Å². The minimum absolute atomic E-state index is 0.164. The van der Waals surface area contributed by atoms with Gasteiger partial charge in [0.25, 0.3) is 0 Å². The van der Waals surface area contributed by atoms with Gasteiger partial charge >= 0.3 is 11.5 Å². The summed E-state index contributed by atoms with van der Waals surface area (Å²) in [5.74, 6) is -2.94. The zero-order chi connectivity index (χ0) is 54.5. The zero-order valence-electron chi connectivity index (χ0n) is 44.9. The number of aliphatic hydroxyl groups excluding tert-OH is 3. The Morgan fingerprint density at radius 1 is 0.986 bits per heavy atom. The van der Waals surface area contributed by atoms with Gasteiger partial charge < -0.3 is 63.8 Å². The second-order valence-electron chi connectivity index (χ2n) is 21.9. The minimum Gasteiger partial charge on any atom is -0.494 e. The maximum atomic E-state index is 14.6. The Bertz CT molecular complexity index is 2090. The smallest absolute Gasteiger partial charge is 0.475 e. The van der Waals surface area contributed by atoms with E-state index < -0.39 is 118 Å². The minimum atomic E-state index is -4.85. The third-order valence-electron chi connectivity index (χ3n) is 15.8. The van der Waals surface area contributed by atoms with E-state index in [4.69, 9.17) is 28.4 Å². The van der Waals surface area contributed by atoms with Gasteiger partial charge in [0.05, 0.1) is 53.8 Å². The summed E-state index contributed by atoms with van der Waals surface area (Å²) in [6, 6.07) is 3.91. The van der Waals surface area contributed by atoms with Crippen molar-refractivity contribution in [3.05, 3.63) is 36.2 Å².